The molecule has 3 rings (SSSR count). The maximum atomic E-state index is 5.57. The number of nitrogens with one attached hydrogen (secondary N) is 2. The summed E-state index contributed by atoms with van der Waals surface area (Å²) >= 11 is 0. The second-order valence-electron chi connectivity index (χ2n) is 8.04. The molecule has 0 bridgehead atoms. The van der Waals surface area contributed by atoms with Crippen LogP contribution in [0.25, 0.3) is 0 Å². The molecule has 7 nitrogen and oxygen atoms in total. The van der Waals surface area contributed by atoms with Crippen molar-refractivity contribution >= 4 is 5.96 Å². The molecule has 0 amide bonds. The molecule has 2 aromatic rings. The summed E-state index contributed by atoms with van der Waals surface area (Å²) in [5, 5.41) is 11.2. The molecule has 1 aromatic carbocycles. The van der Waals surface area contributed by atoms with Gasteiger partial charge in [-0.05, 0) is 42.5 Å². The fraction of sp³-hybridized carbons (Fsp3) is 0.565. The highest BCUT2D eigenvalue weighted by Gasteiger charge is 2.34. The van der Waals surface area contributed by atoms with Crippen LogP contribution in [0.1, 0.15) is 43.2 Å². The van der Waals surface area contributed by atoms with Gasteiger partial charge in [-0.2, -0.15) is 5.10 Å². The van der Waals surface area contributed by atoms with E-state index in [1.807, 2.05) is 37.2 Å². The highest BCUT2D eigenvalue weighted by molar-refractivity contribution is 5.79. The Morgan fingerprint density at radius 2 is 1.90 bits per heavy atom. The maximum absolute atomic E-state index is 5.57. The van der Waals surface area contributed by atoms with Gasteiger partial charge in [-0.3, -0.25) is 9.67 Å². The van der Waals surface area contributed by atoms with Gasteiger partial charge in [0.2, 0.25) is 0 Å². The molecule has 2 N–H and O–H groups in total. The minimum absolute atomic E-state index is 0.0682. The average Bonchev–Trinajstić information content (AvgIpc) is 3.21. The fourth-order valence-electron chi connectivity index (χ4n) is 4.36. The standard InChI is InChI=1S/C23H35N5O2/c1-24-22(25-13-10-18-15-27-28(2)16-18)26-17-23(11-6-5-7-12-23)19-8-9-20(29-3)21(14-19)30-4/h8-9,14-16H,5-7,10-13,17H2,1-4H3,(H2,24,25,26). The number of methoxy groups -OCH3 is 2. The van der Waals surface area contributed by atoms with Crippen LogP contribution in [0.5, 0.6) is 11.5 Å². The highest BCUT2D eigenvalue weighted by Crippen LogP contribution is 2.42. The minimum Gasteiger partial charge on any atom is -0.493 e. The summed E-state index contributed by atoms with van der Waals surface area (Å²) in [6.45, 7) is 1.66. The number of hydrogen-bond acceptors (Lipinski definition) is 4. The van der Waals surface area contributed by atoms with Gasteiger partial charge in [-0.1, -0.05) is 25.3 Å². The summed E-state index contributed by atoms with van der Waals surface area (Å²) in [5.74, 6) is 2.40. The van der Waals surface area contributed by atoms with Crippen LogP contribution in [0.15, 0.2) is 35.6 Å². The van der Waals surface area contributed by atoms with Crippen LogP contribution in [-0.2, 0) is 18.9 Å². The second-order valence-corrected chi connectivity index (χ2v) is 8.04. The van der Waals surface area contributed by atoms with Gasteiger partial charge >= 0.3 is 0 Å². The zero-order valence-electron chi connectivity index (χ0n) is 18.7. The molecule has 1 fully saturated rings. The van der Waals surface area contributed by atoms with E-state index >= 15 is 0 Å². The number of aromatic nitrogens is 2. The van der Waals surface area contributed by atoms with E-state index in [2.05, 4.69) is 32.9 Å². The van der Waals surface area contributed by atoms with E-state index in [4.69, 9.17) is 9.47 Å². The lowest BCUT2D eigenvalue weighted by molar-refractivity contribution is 0.288. The zero-order chi connectivity index (χ0) is 21.4. The molecule has 0 spiro atoms. The minimum atomic E-state index is 0.0682. The van der Waals surface area contributed by atoms with E-state index in [1.165, 1.54) is 30.4 Å². The van der Waals surface area contributed by atoms with E-state index in [9.17, 15) is 0 Å². The number of ether oxygens (including phenoxy) is 2. The lowest BCUT2D eigenvalue weighted by atomic mass is 9.69. The van der Waals surface area contributed by atoms with Crippen LogP contribution >= 0.6 is 0 Å². The van der Waals surface area contributed by atoms with Crippen molar-refractivity contribution in [1.29, 1.82) is 0 Å². The molecule has 164 valence electrons. The summed E-state index contributed by atoms with van der Waals surface area (Å²) < 4.78 is 12.8. The number of rotatable bonds is 8. The molecule has 1 aliphatic rings. The predicted octanol–water partition coefficient (Wildman–Crippen LogP) is 3.05. The van der Waals surface area contributed by atoms with Gasteiger partial charge in [-0.15, -0.1) is 0 Å². The molecular weight excluding hydrogens is 378 g/mol. The molecule has 7 heteroatoms. The smallest absolute Gasteiger partial charge is 0.191 e. The Bertz CT molecular complexity index is 840. The predicted molar refractivity (Wildman–Crippen MR) is 121 cm³/mol. The van der Waals surface area contributed by atoms with Crippen LogP contribution < -0.4 is 20.1 Å². The van der Waals surface area contributed by atoms with Crippen molar-refractivity contribution in [1.82, 2.24) is 20.4 Å². The summed E-state index contributed by atoms with van der Waals surface area (Å²) in [5.41, 5.74) is 2.59. The van der Waals surface area contributed by atoms with Crippen LogP contribution in [0, 0.1) is 0 Å². The first-order valence-electron chi connectivity index (χ1n) is 10.7. The monoisotopic (exact) mass is 413 g/mol. The first kappa shape index (κ1) is 22.0. The number of benzene rings is 1. The first-order valence-corrected chi connectivity index (χ1v) is 10.7. The third-order valence-electron chi connectivity index (χ3n) is 6.09. The van der Waals surface area contributed by atoms with Crippen LogP contribution in [0.3, 0.4) is 0 Å². The number of nitrogens with zero attached hydrogens (tertiary/aromatic N) is 3. The van der Waals surface area contributed by atoms with E-state index in [0.717, 1.165) is 49.8 Å². The van der Waals surface area contributed by atoms with Gasteiger partial charge < -0.3 is 20.1 Å². The molecule has 0 unspecified atom stereocenters. The van der Waals surface area contributed by atoms with Crippen LogP contribution in [-0.4, -0.2) is 50.1 Å². The summed E-state index contributed by atoms with van der Waals surface area (Å²) in [4.78, 5) is 4.42. The third kappa shape index (κ3) is 5.26. The number of guanidine groups is 1. The first-order chi connectivity index (χ1) is 14.6. The van der Waals surface area contributed by atoms with Gasteiger partial charge in [0.1, 0.15) is 0 Å². The van der Waals surface area contributed by atoms with E-state index < -0.39 is 0 Å². The van der Waals surface area contributed by atoms with E-state index in [1.54, 1.807) is 14.2 Å². The quantitative estimate of drug-likeness (QED) is 0.514. The van der Waals surface area contributed by atoms with Crippen molar-refractivity contribution in [3.8, 4) is 11.5 Å². The van der Waals surface area contributed by atoms with E-state index in [0.29, 0.717) is 0 Å². The molecule has 1 heterocycles. The lowest BCUT2D eigenvalue weighted by Gasteiger charge is -2.38. The normalized spacial score (nSPS) is 16.2. The molecular formula is C23H35N5O2. The Hall–Kier alpha value is -2.70. The molecule has 1 saturated carbocycles. The molecule has 0 aliphatic heterocycles. The number of aliphatic imine (C=N–C) groups is 1. The summed E-state index contributed by atoms with van der Waals surface area (Å²) in [6.07, 6.45) is 11.0. The van der Waals surface area contributed by atoms with Crippen molar-refractivity contribution in [2.75, 3.05) is 34.4 Å². The summed E-state index contributed by atoms with van der Waals surface area (Å²) in [6, 6.07) is 6.35. The number of aryl methyl sites for hydroxylation is 1. The Labute approximate surface area is 179 Å². The van der Waals surface area contributed by atoms with Crippen molar-refractivity contribution in [3.63, 3.8) is 0 Å². The third-order valence-corrected chi connectivity index (χ3v) is 6.09. The van der Waals surface area contributed by atoms with Gasteiger partial charge in [0.25, 0.3) is 0 Å². The second kappa shape index (κ2) is 10.4. The molecule has 1 aromatic heterocycles. The van der Waals surface area contributed by atoms with Gasteiger partial charge in [0.15, 0.2) is 17.5 Å². The summed E-state index contributed by atoms with van der Waals surface area (Å²) in [7, 11) is 7.14. The van der Waals surface area contributed by atoms with E-state index in [-0.39, 0.29) is 5.41 Å². The van der Waals surface area contributed by atoms with Crippen molar-refractivity contribution in [2.45, 2.75) is 43.9 Å². The van der Waals surface area contributed by atoms with Crippen molar-refractivity contribution in [3.05, 3.63) is 41.7 Å². The van der Waals surface area contributed by atoms with Crippen LogP contribution in [0.4, 0.5) is 0 Å². The Morgan fingerprint density at radius 3 is 2.53 bits per heavy atom. The molecule has 30 heavy (non-hydrogen) atoms. The number of hydrogen-bond donors (Lipinski definition) is 2. The average molecular weight is 414 g/mol. The molecule has 1 aliphatic carbocycles. The molecule has 0 atom stereocenters. The van der Waals surface area contributed by atoms with Gasteiger partial charge in [0.05, 0.1) is 20.4 Å². The Balaban J connectivity index is 1.66. The largest absolute Gasteiger partial charge is 0.493 e. The van der Waals surface area contributed by atoms with Gasteiger partial charge in [-0.25, -0.2) is 0 Å². The Kier molecular flexibility index (Phi) is 7.60. The maximum Gasteiger partial charge on any atom is 0.191 e. The van der Waals surface area contributed by atoms with Crippen molar-refractivity contribution < 1.29 is 9.47 Å². The topological polar surface area (TPSA) is 72.7 Å². The van der Waals surface area contributed by atoms with Crippen molar-refractivity contribution in [2.24, 2.45) is 12.0 Å². The highest BCUT2D eigenvalue weighted by atomic mass is 16.5. The Morgan fingerprint density at radius 1 is 1.13 bits per heavy atom. The fourth-order valence-corrected chi connectivity index (χ4v) is 4.36. The SMILES string of the molecule is CN=C(NCCc1cnn(C)c1)NCC1(c2ccc(OC)c(OC)c2)CCCCC1. The zero-order valence-corrected chi connectivity index (χ0v) is 18.7. The molecule has 0 saturated heterocycles. The lowest BCUT2D eigenvalue weighted by Crippen LogP contribution is -2.47. The van der Waals surface area contributed by atoms with Gasteiger partial charge in [0, 0.05) is 38.8 Å². The van der Waals surface area contributed by atoms with Crippen LogP contribution in [0.2, 0.25) is 0 Å². The molecule has 0 radical (unpaired) electrons.